The van der Waals surface area contributed by atoms with Gasteiger partial charge >= 0.3 is 0 Å². The molecule has 0 spiro atoms. The van der Waals surface area contributed by atoms with E-state index in [0.717, 1.165) is 11.8 Å². The largest absolute Gasteiger partial charge is 0.387 e. The van der Waals surface area contributed by atoms with Gasteiger partial charge < -0.3 is 10.4 Å². The lowest BCUT2D eigenvalue weighted by Gasteiger charge is -2.12. The number of rotatable bonds is 5. The summed E-state index contributed by atoms with van der Waals surface area (Å²) < 4.78 is 0. The molecule has 0 aromatic heterocycles. The highest BCUT2D eigenvalue weighted by Crippen LogP contribution is 2.10. The SMILES string of the molecule is CC(=C[N+](=O)[O-])NCC(O)c1ccccc1. The minimum atomic E-state index is -0.670. The quantitative estimate of drug-likeness (QED) is 0.584. The molecule has 86 valence electrons. The third-order valence-electron chi connectivity index (χ3n) is 2.06. The van der Waals surface area contributed by atoms with Gasteiger partial charge in [-0.2, -0.15) is 0 Å². The maximum atomic E-state index is 10.2. The summed E-state index contributed by atoms with van der Waals surface area (Å²) in [5.41, 5.74) is 1.20. The number of aliphatic hydroxyl groups excluding tert-OH is 1. The van der Waals surface area contributed by atoms with Crippen LogP contribution >= 0.6 is 0 Å². The highest BCUT2D eigenvalue weighted by atomic mass is 16.6. The van der Waals surface area contributed by atoms with Crippen molar-refractivity contribution in [3.05, 3.63) is 57.9 Å². The van der Waals surface area contributed by atoms with E-state index in [0.29, 0.717) is 5.70 Å². The van der Waals surface area contributed by atoms with Gasteiger partial charge in [0.2, 0.25) is 0 Å². The van der Waals surface area contributed by atoms with Gasteiger partial charge in [0.1, 0.15) is 0 Å². The molecular formula is C11H14N2O3. The monoisotopic (exact) mass is 222 g/mol. The molecule has 5 heteroatoms. The second kappa shape index (κ2) is 5.87. The van der Waals surface area contributed by atoms with E-state index in [1.807, 2.05) is 18.2 Å². The highest BCUT2D eigenvalue weighted by molar-refractivity contribution is 5.17. The smallest absolute Gasteiger partial charge is 0.252 e. The Bertz CT molecular complexity index is 376. The molecule has 0 aliphatic carbocycles. The molecule has 2 N–H and O–H groups in total. The van der Waals surface area contributed by atoms with Gasteiger partial charge in [0.25, 0.3) is 6.20 Å². The van der Waals surface area contributed by atoms with Crippen LogP contribution in [0.15, 0.2) is 42.2 Å². The first-order valence-electron chi connectivity index (χ1n) is 4.88. The first kappa shape index (κ1) is 12.2. The summed E-state index contributed by atoms with van der Waals surface area (Å²) in [5.74, 6) is 0. The Hall–Kier alpha value is -1.88. The van der Waals surface area contributed by atoms with Crippen LogP contribution in [0.3, 0.4) is 0 Å². The first-order valence-corrected chi connectivity index (χ1v) is 4.88. The van der Waals surface area contributed by atoms with Crippen LogP contribution in [-0.4, -0.2) is 16.6 Å². The number of allylic oxidation sites excluding steroid dienone is 1. The first-order chi connectivity index (χ1) is 7.59. The van der Waals surface area contributed by atoms with Crippen molar-refractivity contribution < 1.29 is 10.0 Å². The molecule has 0 aliphatic rings. The van der Waals surface area contributed by atoms with E-state index in [1.165, 1.54) is 0 Å². The van der Waals surface area contributed by atoms with Crippen molar-refractivity contribution in [3.8, 4) is 0 Å². The second-order valence-electron chi connectivity index (χ2n) is 3.40. The third kappa shape index (κ3) is 4.10. The van der Waals surface area contributed by atoms with Crippen molar-refractivity contribution >= 4 is 0 Å². The summed E-state index contributed by atoms with van der Waals surface area (Å²) >= 11 is 0. The van der Waals surface area contributed by atoms with E-state index < -0.39 is 11.0 Å². The van der Waals surface area contributed by atoms with Crippen LogP contribution in [0.4, 0.5) is 0 Å². The average molecular weight is 222 g/mol. The predicted molar refractivity (Wildman–Crippen MR) is 60.2 cm³/mol. The van der Waals surface area contributed by atoms with Gasteiger partial charge in [0, 0.05) is 6.54 Å². The van der Waals surface area contributed by atoms with E-state index in [-0.39, 0.29) is 6.54 Å². The summed E-state index contributed by atoms with van der Waals surface area (Å²) in [7, 11) is 0. The van der Waals surface area contributed by atoms with Crippen LogP contribution in [0, 0.1) is 10.1 Å². The second-order valence-corrected chi connectivity index (χ2v) is 3.40. The van der Waals surface area contributed by atoms with E-state index in [9.17, 15) is 15.2 Å². The summed E-state index contributed by atoms with van der Waals surface area (Å²) in [5, 5.41) is 22.7. The number of benzene rings is 1. The molecule has 5 nitrogen and oxygen atoms in total. The normalized spacial score (nSPS) is 13.2. The number of aliphatic hydroxyl groups is 1. The van der Waals surface area contributed by atoms with E-state index >= 15 is 0 Å². The molecule has 1 unspecified atom stereocenters. The molecule has 0 bridgehead atoms. The summed E-state index contributed by atoms with van der Waals surface area (Å²) in [6.07, 6.45) is 0.203. The summed E-state index contributed by atoms with van der Waals surface area (Å²) in [4.78, 5) is 9.62. The number of nitro groups is 1. The van der Waals surface area contributed by atoms with Gasteiger partial charge in [-0.15, -0.1) is 0 Å². The fourth-order valence-corrected chi connectivity index (χ4v) is 1.25. The molecule has 1 atom stereocenters. The standard InChI is InChI=1S/C11H14N2O3/c1-9(8-13(15)16)12-7-11(14)10-5-3-2-4-6-10/h2-6,8,11-12,14H,7H2,1H3. The van der Waals surface area contributed by atoms with Crippen LogP contribution < -0.4 is 5.32 Å². The molecule has 1 aromatic rings. The third-order valence-corrected chi connectivity index (χ3v) is 2.06. The zero-order valence-corrected chi connectivity index (χ0v) is 8.96. The van der Waals surface area contributed by atoms with Gasteiger partial charge in [-0.25, -0.2) is 0 Å². The van der Waals surface area contributed by atoms with E-state index in [4.69, 9.17) is 0 Å². The zero-order chi connectivity index (χ0) is 12.0. The Morgan fingerprint density at radius 1 is 1.56 bits per heavy atom. The minimum absolute atomic E-state index is 0.250. The van der Waals surface area contributed by atoms with Crippen molar-refractivity contribution in [3.63, 3.8) is 0 Å². The maximum absolute atomic E-state index is 10.2. The fourth-order valence-electron chi connectivity index (χ4n) is 1.25. The molecule has 0 fully saturated rings. The lowest BCUT2D eigenvalue weighted by molar-refractivity contribution is -0.403. The number of nitrogens with zero attached hydrogens (tertiary/aromatic N) is 1. The Morgan fingerprint density at radius 3 is 2.75 bits per heavy atom. The van der Waals surface area contributed by atoms with Crippen molar-refractivity contribution in [1.29, 1.82) is 0 Å². The van der Waals surface area contributed by atoms with Crippen LogP contribution in [0.25, 0.3) is 0 Å². The number of hydrogen-bond donors (Lipinski definition) is 2. The van der Waals surface area contributed by atoms with Crippen LogP contribution in [0.2, 0.25) is 0 Å². The predicted octanol–water partition coefficient (Wildman–Crippen LogP) is 1.45. The van der Waals surface area contributed by atoms with Gasteiger partial charge in [-0.1, -0.05) is 30.3 Å². The average Bonchev–Trinajstić information content (AvgIpc) is 2.26. The van der Waals surface area contributed by atoms with Gasteiger partial charge in [0.05, 0.1) is 16.7 Å². The maximum Gasteiger partial charge on any atom is 0.252 e. The lowest BCUT2D eigenvalue weighted by Crippen LogP contribution is -2.20. The Kier molecular flexibility index (Phi) is 4.47. The molecular weight excluding hydrogens is 208 g/mol. The minimum Gasteiger partial charge on any atom is -0.387 e. The molecule has 1 aromatic carbocycles. The van der Waals surface area contributed by atoms with Crippen molar-refractivity contribution in [1.82, 2.24) is 5.32 Å². The van der Waals surface area contributed by atoms with Crippen molar-refractivity contribution in [2.24, 2.45) is 0 Å². The van der Waals surface area contributed by atoms with E-state index in [2.05, 4.69) is 5.32 Å². The lowest BCUT2D eigenvalue weighted by atomic mass is 10.1. The molecule has 0 aliphatic heterocycles. The summed E-state index contributed by atoms with van der Waals surface area (Å²) in [6.45, 7) is 1.83. The molecule has 0 saturated carbocycles. The Labute approximate surface area is 93.6 Å². The zero-order valence-electron chi connectivity index (χ0n) is 8.96. The van der Waals surface area contributed by atoms with E-state index in [1.54, 1.807) is 19.1 Å². The molecule has 0 amide bonds. The van der Waals surface area contributed by atoms with Crippen molar-refractivity contribution in [2.75, 3.05) is 6.54 Å². The molecule has 16 heavy (non-hydrogen) atoms. The molecule has 0 radical (unpaired) electrons. The number of nitrogens with one attached hydrogen (secondary N) is 1. The van der Waals surface area contributed by atoms with Gasteiger partial charge in [0.15, 0.2) is 0 Å². The molecule has 0 heterocycles. The Balaban J connectivity index is 2.48. The molecule has 0 saturated heterocycles. The topological polar surface area (TPSA) is 75.4 Å². The van der Waals surface area contributed by atoms with Gasteiger partial charge in [-0.05, 0) is 12.5 Å². The van der Waals surface area contributed by atoms with Crippen LogP contribution in [0.5, 0.6) is 0 Å². The fraction of sp³-hybridized carbons (Fsp3) is 0.273. The highest BCUT2D eigenvalue weighted by Gasteiger charge is 2.06. The van der Waals surface area contributed by atoms with Gasteiger partial charge in [-0.3, -0.25) is 10.1 Å². The summed E-state index contributed by atoms with van der Waals surface area (Å²) in [6, 6.07) is 9.13. The number of hydrogen-bond acceptors (Lipinski definition) is 4. The molecule has 1 rings (SSSR count). The van der Waals surface area contributed by atoms with Crippen LogP contribution in [-0.2, 0) is 0 Å². The van der Waals surface area contributed by atoms with Crippen LogP contribution in [0.1, 0.15) is 18.6 Å². The Morgan fingerprint density at radius 2 is 2.19 bits per heavy atom. The van der Waals surface area contributed by atoms with Crippen molar-refractivity contribution in [2.45, 2.75) is 13.0 Å².